The number of halogens is 3. The molecule has 1 N–H and O–H groups in total. The molecular formula is C5H7F3N2O3. The molecule has 0 radical (unpaired) electrons. The molecule has 76 valence electrons. The highest BCUT2D eigenvalue weighted by molar-refractivity contribution is 4.79. The van der Waals surface area contributed by atoms with Crippen molar-refractivity contribution in [1.29, 1.82) is 0 Å². The predicted octanol–water partition coefficient (Wildman–Crippen LogP) is 0.140. The fourth-order valence-electron chi connectivity index (χ4n) is 0.937. The monoisotopic (exact) mass is 200 g/mol. The molecule has 0 aromatic carbocycles. The summed E-state index contributed by atoms with van der Waals surface area (Å²) in [5.74, 6) is 0. The summed E-state index contributed by atoms with van der Waals surface area (Å²) in [6, 6.07) is -1.95. The molecule has 1 rings (SSSR count). The molecule has 0 amide bonds. The summed E-state index contributed by atoms with van der Waals surface area (Å²) >= 11 is 0. The van der Waals surface area contributed by atoms with Crippen LogP contribution in [-0.2, 0) is 4.74 Å². The Hall–Kier alpha value is -0.890. The third-order valence-electron chi connectivity index (χ3n) is 1.60. The SMILES string of the molecule is O=[N+]([O-])C1COCC(C(F)(F)F)N1. The summed E-state index contributed by atoms with van der Waals surface area (Å²) in [5.41, 5.74) is 0. The maximum absolute atomic E-state index is 12.0. The number of hydrogen-bond acceptors (Lipinski definition) is 4. The number of nitro groups is 1. The van der Waals surface area contributed by atoms with Gasteiger partial charge in [0.2, 0.25) is 0 Å². The van der Waals surface area contributed by atoms with Crippen LogP contribution in [0.15, 0.2) is 0 Å². The molecule has 2 unspecified atom stereocenters. The summed E-state index contributed by atoms with van der Waals surface area (Å²) in [5, 5.41) is 12.0. The molecule has 1 aliphatic rings. The van der Waals surface area contributed by atoms with E-state index in [1.165, 1.54) is 0 Å². The Kier molecular flexibility index (Phi) is 2.71. The Morgan fingerprint density at radius 1 is 1.46 bits per heavy atom. The van der Waals surface area contributed by atoms with Crippen LogP contribution in [0.4, 0.5) is 13.2 Å². The van der Waals surface area contributed by atoms with Crippen LogP contribution in [0, 0.1) is 10.1 Å². The Bertz CT molecular complexity index is 208. The Labute approximate surface area is 71.0 Å². The number of nitrogens with zero attached hydrogens (tertiary/aromatic N) is 1. The summed E-state index contributed by atoms with van der Waals surface area (Å²) in [4.78, 5) is 9.29. The molecule has 2 atom stereocenters. The minimum atomic E-state index is -4.51. The molecule has 1 heterocycles. The van der Waals surface area contributed by atoms with Gasteiger partial charge < -0.3 is 4.74 Å². The van der Waals surface area contributed by atoms with Crippen LogP contribution in [0.5, 0.6) is 0 Å². The molecule has 1 saturated heterocycles. The first kappa shape index (κ1) is 10.2. The van der Waals surface area contributed by atoms with E-state index in [2.05, 4.69) is 4.74 Å². The minimum absolute atomic E-state index is 0.334. The van der Waals surface area contributed by atoms with Crippen molar-refractivity contribution >= 4 is 0 Å². The van der Waals surface area contributed by atoms with Crippen LogP contribution in [0.3, 0.4) is 0 Å². The largest absolute Gasteiger partial charge is 0.406 e. The van der Waals surface area contributed by atoms with Gasteiger partial charge in [0.05, 0.1) is 6.61 Å². The average Bonchev–Trinajstić information content (AvgIpc) is 2.03. The van der Waals surface area contributed by atoms with Gasteiger partial charge in [-0.1, -0.05) is 0 Å². The normalized spacial score (nSPS) is 30.1. The quantitative estimate of drug-likeness (QED) is 0.483. The zero-order valence-corrected chi connectivity index (χ0v) is 6.37. The Balaban J connectivity index is 2.57. The zero-order valence-electron chi connectivity index (χ0n) is 6.37. The summed E-state index contributed by atoms with van der Waals surface area (Å²) < 4.78 is 40.5. The molecule has 0 aromatic rings. The van der Waals surface area contributed by atoms with E-state index in [0.29, 0.717) is 0 Å². The molecule has 8 heteroatoms. The van der Waals surface area contributed by atoms with Gasteiger partial charge in [0.15, 0.2) is 0 Å². The third-order valence-corrected chi connectivity index (χ3v) is 1.60. The molecule has 0 aliphatic carbocycles. The Morgan fingerprint density at radius 2 is 2.08 bits per heavy atom. The summed E-state index contributed by atoms with van der Waals surface area (Å²) in [6.45, 7) is -0.909. The highest BCUT2D eigenvalue weighted by Crippen LogP contribution is 2.22. The second kappa shape index (κ2) is 3.46. The third kappa shape index (κ3) is 2.52. The molecule has 1 aliphatic heterocycles. The van der Waals surface area contributed by atoms with Gasteiger partial charge in [0.1, 0.15) is 12.6 Å². The van der Waals surface area contributed by atoms with Crippen molar-refractivity contribution in [2.24, 2.45) is 0 Å². The van der Waals surface area contributed by atoms with E-state index in [1.54, 1.807) is 0 Å². The van der Waals surface area contributed by atoms with Crippen molar-refractivity contribution in [1.82, 2.24) is 5.32 Å². The highest BCUT2D eigenvalue weighted by Gasteiger charge is 2.45. The van der Waals surface area contributed by atoms with Crippen LogP contribution < -0.4 is 5.32 Å². The van der Waals surface area contributed by atoms with E-state index in [-0.39, 0.29) is 6.61 Å². The van der Waals surface area contributed by atoms with Gasteiger partial charge in [0.25, 0.3) is 6.17 Å². The van der Waals surface area contributed by atoms with Gasteiger partial charge >= 0.3 is 6.18 Å². The summed E-state index contributed by atoms with van der Waals surface area (Å²) in [7, 11) is 0. The maximum Gasteiger partial charge on any atom is 0.406 e. The van der Waals surface area contributed by atoms with Gasteiger partial charge in [-0.3, -0.25) is 10.1 Å². The number of morpholine rings is 1. The van der Waals surface area contributed by atoms with Crippen LogP contribution >= 0.6 is 0 Å². The van der Waals surface area contributed by atoms with Crippen LogP contribution in [-0.4, -0.2) is 36.5 Å². The van der Waals surface area contributed by atoms with E-state index in [0.717, 1.165) is 0 Å². The molecule has 0 saturated carbocycles. The predicted molar refractivity (Wildman–Crippen MR) is 34.6 cm³/mol. The summed E-state index contributed by atoms with van der Waals surface area (Å²) in [6.07, 6.45) is -5.98. The van der Waals surface area contributed by atoms with Gasteiger partial charge in [-0.25, -0.2) is 5.32 Å². The number of nitrogens with one attached hydrogen (secondary N) is 1. The first-order chi connectivity index (χ1) is 5.91. The van der Waals surface area contributed by atoms with Crippen molar-refractivity contribution in [2.75, 3.05) is 13.2 Å². The minimum Gasteiger partial charge on any atom is -0.371 e. The molecule has 13 heavy (non-hydrogen) atoms. The molecule has 0 aromatic heterocycles. The molecule has 1 fully saturated rings. The number of ether oxygens (including phenoxy) is 1. The fourth-order valence-corrected chi connectivity index (χ4v) is 0.937. The number of rotatable bonds is 1. The van der Waals surface area contributed by atoms with Crippen LogP contribution in [0.25, 0.3) is 0 Å². The van der Waals surface area contributed by atoms with E-state index in [9.17, 15) is 23.3 Å². The van der Waals surface area contributed by atoms with Crippen molar-refractivity contribution in [2.45, 2.75) is 18.4 Å². The van der Waals surface area contributed by atoms with E-state index in [1.807, 2.05) is 5.32 Å². The standard InChI is InChI=1S/C5H7F3N2O3/c6-5(7,8)3-1-13-2-4(9-3)10(11)12/h3-4,9H,1-2H2. The smallest absolute Gasteiger partial charge is 0.371 e. The van der Waals surface area contributed by atoms with Crippen LogP contribution in [0.2, 0.25) is 0 Å². The van der Waals surface area contributed by atoms with Crippen molar-refractivity contribution in [3.8, 4) is 0 Å². The second-order valence-corrected chi connectivity index (χ2v) is 2.60. The molecular weight excluding hydrogens is 193 g/mol. The number of hydrogen-bond donors (Lipinski definition) is 1. The van der Waals surface area contributed by atoms with Gasteiger partial charge in [0, 0.05) is 4.92 Å². The van der Waals surface area contributed by atoms with E-state index >= 15 is 0 Å². The Morgan fingerprint density at radius 3 is 2.54 bits per heavy atom. The van der Waals surface area contributed by atoms with Gasteiger partial charge in [-0.15, -0.1) is 0 Å². The lowest BCUT2D eigenvalue weighted by Crippen LogP contribution is -2.58. The molecule has 0 spiro atoms. The highest BCUT2D eigenvalue weighted by atomic mass is 19.4. The zero-order chi connectivity index (χ0) is 10.1. The average molecular weight is 200 g/mol. The van der Waals surface area contributed by atoms with Crippen molar-refractivity contribution in [3.05, 3.63) is 10.1 Å². The van der Waals surface area contributed by atoms with Gasteiger partial charge in [-0.05, 0) is 0 Å². The van der Waals surface area contributed by atoms with E-state index < -0.39 is 29.9 Å². The molecule has 5 nitrogen and oxygen atoms in total. The van der Waals surface area contributed by atoms with Gasteiger partial charge in [-0.2, -0.15) is 13.2 Å². The lowest BCUT2D eigenvalue weighted by molar-refractivity contribution is -0.540. The second-order valence-electron chi connectivity index (χ2n) is 2.60. The fraction of sp³-hybridized carbons (Fsp3) is 1.00. The van der Waals surface area contributed by atoms with Crippen molar-refractivity contribution < 1.29 is 22.8 Å². The lowest BCUT2D eigenvalue weighted by Gasteiger charge is -2.27. The first-order valence-electron chi connectivity index (χ1n) is 3.45. The maximum atomic E-state index is 12.0. The van der Waals surface area contributed by atoms with E-state index in [4.69, 9.17) is 0 Å². The molecule has 0 bridgehead atoms. The number of alkyl halides is 3. The topological polar surface area (TPSA) is 64.4 Å². The van der Waals surface area contributed by atoms with Crippen molar-refractivity contribution in [3.63, 3.8) is 0 Å². The van der Waals surface area contributed by atoms with Crippen LogP contribution in [0.1, 0.15) is 0 Å². The first-order valence-corrected chi connectivity index (χ1v) is 3.45. The lowest BCUT2D eigenvalue weighted by atomic mass is 10.2.